The fourth-order valence-electron chi connectivity index (χ4n) is 2.65. The van der Waals surface area contributed by atoms with E-state index in [4.69, 9.17) is 0 Å². The Morgan fingerprint density at radius 3 is 2.60 bits per heavy atom. The van der Waals surface area contributed by atoms with E-state index in [1.54, 1.807) is 18.2 Å². The summed E-state index contributed by atoms with van der Waals surface area (Å²) in [6.45, 7) is 2.28. The maximum Gasteiger partial charge on any atom is 0.264 e. The van der Waals surface area contributed by atoms with Crippen molar-refractivity contribution in [3.63, 3.8) is 0 Å². The van der Waals surface area contributed by atoms with Crippen LogP contribution < -0.4 is 10.6 Å². The lowest BCUT2D eigenvalue weighted by Gasteiger charge is -2.15. The van der Waals surface area contributed by atoms with Gasteiger partial charge < -0.3 is 10.6 Å². The molecule has 0 unspecified atom stereocenters. The van der Waals surface area contributed by atoms with Gasteiger partial charge in [0.2, 0.25) is 0 Å². The molecule has 0 atom stereocenters. The van der Waals surface area contributed by atoms with Crippen molar-refractivity contribution in [2.75, 3.05) is 5.32 Å². The maximum atomic E-state index is 14.1. The first-order valence-corrected chi connectivity index (χ1v) is 11.1. The quantitative estimate of drug-likeness (QED) is 0.356. The molecule has 1 amide bonds. The van der Waals surface area contributed by atoms with Crippen molar-refractivity contribution < 1.29 is 9.18 Å². The summed E-state index contributed by atoms with van der Waals surface area (Å²) in [5.41, 5.74) is 2.23. The van der Waals surface area contributed by atoms with E-state index in [2.05, 4.69) is 10.6 Å². The highest BCUT2D eigenvalue weighted by Gasteiger charge is 2.18. The lowest BCUT2D eigenvalue weighted by atomic mass is 10.2. The van der Waals surface area contributed by atoms with Gasteiger partial charge in [-0.1, -0.05) is 42.5 Å². The second kappa shape index (κ2) is 10.6. The molecule has 0 saturated heterocycles. The minimum absolute atomic E-state index is 0.0313. The van der Waals surface area contributed by atoms with Gasteiger partial charge in [0.1, 0.15) is 17.5 Å². The molecule has 0 aliphatic carbocycles. The zero-order valence-corrected chi connectivity index (χ0v) is 17.9. The van der Waals surface area contributed by atoms with Gasteiger partial charge >= 0.3 is 0 Å². The van der Waals surface area contributed by atoms with Crippen LogP contribution in [0.25, 0.3) is 0 Å². The van der Waals surface area contributed by atoms with Gasteiger partial charge in [-0.15, -0.1) is 23.1 Å². The summed E-state index contributed by atoms with van der Waals surface area (Å²) in [5.74, 6) is -0.506. The summed E-state index contributed by atoms with van der Waals surface area (Å²) in [7, 11) is 0. The number of nitrogens with zero attached hydrogens (tertiary/aromatic N) is 1. The van der Waals surface area contributed by atoms with E-state index in [0.717, 1.165) is 16.1 Å². The molecule has 1 aromatic heterocycles. The Kier molecular flexibility index (Phi) is 7.66. The predicted octanol–water partition coefficient (Wildman–Crippen LogP) is 5.59. The van der Waals surface area contributed by atoms with Crippen LogP contribution in [0.15, 0.2) is 76.6 Å². The number of aryl methyl sites for hydroxylation is 1. The van der Waals surface area contributed by atoms with E-state index in [1.165, 1.54) is 29.2 Å². The summed E-state index contributed by atoms with van der Waals surface area (Å²) in [5, 5.41) is 18.0. The van der Waals surface area contributed by atoms with Crippen LogP contribution in [0.5, 0.6) is 0 Å². The number of rotatable bonds is 8. The molecule has 0 bridgehead atoms. The molecule has 152 valence electrons. The zero-order valence-electron chi connectivity index (χ0n) is 16.3. The molecule has 3 aromatic rings. The summed E-state index contributed by atoms with van der Waals surface area (Å²) in [4.78, 5) is 13.7. The normalized spacial score (nSPS) is 11.4. The molecular formula is C23H20FN3OS2. The molecule has 4 nitrogen and oxygen atoms in total. The number of nitriles is 1. The average Bonchev–Trinajstić information content (AvgIpc) is 3.27. The Morgan fingerprint density at radius 2 is 1.90 bits per heavy atom. The van der Waals surface area contributed by atoms with Crippen molar-refractivity contribution in [1.29, 1.82) is 5.26 Å². The summed E-state index contributed by atoms with van der Waals surface area (Å²) in [6, 6.07) is 19.9. The number of benzene rings is 2. The molecule has 0 spiro atoms. The van der Waals surface area contributed by atoms with Gasteiger partial charge in [0.15, 0.2) is 0 Å². The molecule has 0 fully saturated rings. The molecule has 30 heavy (non-hydrogen) atoms. The van der Waals surface area contributed by atoms with Crippen molar-refractivity contribution in [3.05, 3.63) is 98.5 Å². The van der Waals surface area contributed by atoms with Crippen LogP contribution in [0.1, 0.15) is 16.0 Å². The number of anilines is 1. The van der Waals surface area contributed by atoms with Gasteiger partial charge in [-0.2, -0.15) is 5.26 Å². The number of thiophene rings is 1. The molecular weight excluding hydrogens is 417 g/mol. The maximum absolute atomic E-state index is 14.1. The van der Waals surface area contributed by atoms with Gasteiger partial charge in [-0.3, -0.25) is 4.79 Å². The molecule has 0 radical (unpaired) electrons. The fourth-order valence-corrected chi connectivity index (χ4v) is 4.29. The van der Waals surface area contributed by atoms with E-state index in [-0.39, 0.29) is 17.1 Å². The molecule has 3 rings (SSSR count). The van der Waals surface area contributed by atoms with Crippen LogP contribution in [0.2, 0.25) is 0 Å². The van der Waals surface area contributed by atoms with Crippen molar-refractivity contribution >= 4 is 34.7 Å². The fraction of sp³-hybridized carbons (Fsp3) is 0.130. The van der Waals surface area contributed by atoms with Crippen LogP contribution in [0.3, 0.4) is 0 Å². The third-order valence-electron chi connectivity index (χ3n) is 4.29. The number of carbonyl (C=O) groups excluding carboxylic acids is 1. The third kappa shape index (κ3) is 5.72. The Hall–Kier alpha value is -3.08. The van der Waals surface area contributed by atoms with Gasteiger partial charge in [0, 0.05) is 16.3 Å². The highest BCUT2D eigenvalue weighted by molar-refractivity contribution is 8.02. The number of para-hydroxylation sites is 1. The minimum atomic E-state index is -0.469. The standard InChI is InChI=1S/C23H20FN3OS2/c1-16-7-2-5-11-21(16)27-23(30-15-17-8-3-4-10-20(17)24)19(13-25)22(28)26-14-18-9-6-12-29-18/h2-12,27H,14-15H2,1H3,(H,26,28). The Morgan fingerprint density at radius 1 is 1.13 bits per heavy atom. The SMILES string of the molecule is Cc1ccccc1NC(SCc1ccccc1F)=C(C#N)C(=O)NCc1cccs1. The van der Waals surface area contributed by atoms with E-state index in [1.807, 2.05) is 54.8 Å². The second-order valence-electron chi connectivity index (χ2n) is 6.40. The lowest BCUT2D eigenvalue weighted by molar-refractivity contribution is -0.117. The topological polar surface area (TPSA) is 64.9 Å². The number of nitrogens with one attached hydrogen (secondary N) is 2. The monoisotopic (exact) mass is 437 g/mol. The summed E-state index contributed by atoms with van der Waals surface area (Å²) >= 11 is 2.75. The molecule has 2 aromatic carbocycles. The van der Waals surface area contributed by atoms with E-state index < -0.39 is 5.91 Å². The number of hydrogen-bond donors (Lipinski definition) is 2. The Labute approximate surface area is 183 Å². The largest absolute Gasteiger partial charge is 0.349 e. The molecule has 7 heteroatoms. The van der Waals surface area contributed by atoms with Crippen LogP contribution in [0, 0.1) is 24.1 Å². The molecule has 2 N–H and O–H groups in total. The lowest BCUT2D eigenvalue weighted by Crippen LogP contribution is -2.25. The first kappa shape index (κ1) is 21.6. The van der Waals surface area contributed by atoms with Crippen molar-refractivity contribution in [3.8, 4) is 6.07 Å². The van der Waals surface area contributed by atoms with Crippen LogP contribution in [0.4, 0.5) is 10.1 Å². The first-order chi connectivity index (χ1) is 14.6. The van der Waals surface area contributed by atoms with Gasteiger partial charge in [-0.25, -0.2) is 4.39 Å². The second-order valence-corrected chi connectivity index (χ2v) is 8.42. The average molecular weight is 438 g/mol. The van der Waals surface area contributed by atoms with Gasteiger partial charge in [0.05, 0.1) is 11.6 Å². The Balaban J connectivity index is 1.86. The van der Waals surface area contributed by atoms with E-state index in [9.17, 15) is 14.4 Å². The number of amides is 1. The number of hydrogen-bond acceptors (Lipinski definition) is 5. The molecule has 0 saturated carbocycles. The Bertz CT molecular complexity index is 1090. The van der Waals surface area contributed by atoms with Crippen molar-refractivity contribution in [1.82, 2.24) is 5.32 Å². The highest BCUT2D eigenvalue weighted by Crippen LogP contribution is 2.28. The number of thioether (sulfide) groups is 1. The van der Waals surface area contributed by atoms with Crippen LogP contribution in [-0.2, 0) is 17.1 Å². The highest BCUT2D eigenvalue weighted by atomic mass is 32.2. The van der Waals surface area contributed by atoms with Crippen molar-refractivity contribution in [2.24, 2.45) is 0 Å². The molecule has 0 aliphatic rings. The van der Waals surface area contributed by atoms with Gasteiger partial charge in [0.25, 0.3) is 5.91 Å². The minimum Gasteiger partial charge on any atom is -0.349 e. The first-order valence-electron chi connectivity index (χ1n) is 9.22. The summed E-state index contributed by atoms with van der Waals surface area (Å²) < 4.78 is 14.1. The smallest absolute Gasteiger partial charge is 0.264 e. The number of carbonyl (C=O) groups is 1. The predicted molar refractivity (Wildman–Crippen MR) is 121 cm³/mol. The van der Waals surface area contributed by atoms with Crippen LogP contribution >= 0.6 is 23.1 Å². The number of halogens is 1. The van der Waals surface area contributed by atoms with Crippen LogP contribution in [-0.4, -0.2) is 5.91 Å². The van der Waals surface area contributed by atoms with E-state index >= 15 is 0 Å². The van der Waals surface area contributed by atoms with E-state index in [0.29, 0.717) is 17.1 Å². The zero-order chi connectivity index (χ0) is 21.3. The molecule has 1 heterocycles. The third-order valence-corrected chi connectivity index (χ3v) is 6.22. The van der Waals surface area contributed by atoms with Gasteiger partial charge in [-0.05, 0) is 41.6 Å². The summed E-state index contributed by atoms with van der Waals surface area (Å²) in [6.07, 6.45) is 0. The van der Waals surface area contributed by atoms with Crippen molar-refractivity contribution in [2.45, 2.75) is 19.2 Å². The molecule has 0 aliphatic heterocycles.